The van der Waals surface area contributed by atoms with Gasteiger partial charge in [-0.3, -0.25) is 9.59 Å². The van der Waals surface area contributed by atoms with Gasteiger partial charge in [0.2, 0.25) is 0 Å². The average Bonchev–Trinajstić information content (AvgIpc) is 3.17. The maximum atomic E-state index is 12.3. The van der Waals surface area contributed by atoms with Gasteiger partial charge in [0.05, 0.1) is 9.75 Å². The third-order valence-corrected chi connectivity index (χ3v) is 5.71. The molecule has 8 heteroatoms. The fraction of sp³-hybridized carbons (Fsp3) is 0.368. The van der Waals surface area contributed by atoms with Crippen LogP contribution in [0.4, 0.5) is 5.82 Å². The number of carboxylic acid groups (broad SMARTS) is 1. The summed E-state index contributed by atoms with van der Waals surface area (Å²) in [5.41, 5.74) is 0.0295. The van der Waals surface area contributed by atoms with Crippen molar-refractivity contribution in [3.05, 3.63) is 45.8 Å². The van der Waals surface area contributed by atoms with E-state index in [0.29, 0.717) is 28.7 Å². The molecule has 0 spiro atoms. The van der Waals surface area contributed by atoms with E-state index in [1.807, 2.05) is 6.07 Å². The number of hydrogen-bond donors (Lipinski definition) is 2. The fourth-order valence-electron chi connectivity index (χ4n) is 3.13. The van der Waals surface area contributed by atoms with E-state index in [2.05, 4.69) is 15.2 Å². The summed E-state index contributed by atoms with van der Waals surface area (Å²) in [7, 11) is 0. The second kappa shape index (κ2) is 8.30. The van der Waals surface area contributed by atoms with Gasteiger partial charge in [0.15, 0.2) is 11.5 Å². The molecule has 2 aromatic rings. The molecule has 1 aliphatic rings. The average molecular weight is 387 g/mol. The normalized spacial score (nSPS) is 16.8. The van der Waals surface area contributed by atoms with Crippen molar-refractivity contribution >= 4 is 34.8 Å². The molecule has 1 amide bonds. The standard InChI is InChI=1S/C19H21N3O4S/c1-12(23)15-7-8-16(27-15)18(24)20-10-13-4-3-9-22(11-13)17-6-2-5-14(21-17)19(25)26/h2,5-8,13H,3-4,9-11H2,1H3,(H,20,24)(H,25,26). The lowest BCUT2D eigenvalue weighted by Gasteiger charge is -2.33. The van der Waals surface area contributed by atoms with Crippen LogP contribution < -0.4 is 10.2 Å². The molecule has 1 atom stereocenters. The van der Waals surface area contributed by atoms with Gasteiger partial charge >= 0.3 is 5.97 Å². The molecule has 1 aliphatic heterocycles. The first-order valence-corrected chi connectivity index (χ1v) is 9.60. The molecule has 142 valence electrons. The largest absolute Gasteiger partial charge is 0.477 e. The quantitative estimate of drug-likeness (QED) is 0.740. The van der Waals surface area contributed by atoms with E-state index >= 15 is 0 Å². The number of ketones is 1. The highest BCUT2D eigenvalue weighted by Gasteiger charge is 2.22. The Morgan fingerprint density at radius 1 is 1.26 bits per heavy atom. The number of carboxylic acids is 1. The second-order valence-electron chi connectivity index (χ2n) is 6.57. The van der Waals surface area contributed by atoms with Crippen molar-refractivity contribution in [1.29, 1.82) is 0 Å². The number of Topliss-reactive ketones (excluding diaryl/α,β-unsaturated/α-hetero) is 1. The molecule has 7 nitrogen and oxygen atoms in total. The molecule has 2 N–H and O–H groups in total. The summed E-state index contributed by atoms with van der Waals surface area (Å²) in [6.45, 7) is 3.53. The molecular formula is C19H21N3O4S. The van der Waals surface area contributed by atoms with Crippen LogP contribution in [0.15, 0.2) is 30.3 Å². The van der Waals surface area contributed by atoms with E-state index in [4.69, 9.17) is 5.11 Å². The van der Waals surface area contributed by atoms with Gasteiger partial charge in [0.25, 0.3) is 5.91 Å². The molecular weight excluding hydrogens is 366 g/mol. The lowest BCUT2D eigenvalue weighted by atomic mass is 9.98. The van der Waals surface area contributed by atoms with Gasteiger partial charge in [0, 0.05) is 19.6 Å². The van der Waals surface area contributed by atoms with Crippen LogP contribution in [-0.4, -0.2) is 47.4 Å². The maximum Gasteiger partial charge on any atom is 0.354 e. The van der Waals surface area contributed by atoms with Gasteiger partial charge in [0.1, 0.15) is 5.82 Å². The zero-order valence-electron chi connectivity index (χ0n) is 15.0. The van der Waals surface area contributed by atoms with E-state index in [0.717, 1.165) is 19.4 Å². The van der Waals surface area contributed by atoms with Gasteiger partial charge < -0.3 is 15.3 Å². The molecule has 3 rings (SSSR count). The van der Waals surface area contributed by atoms with E-state index in [-0.39, 0.29) is 23.3 Å². The molecule has 0 bridgehead atoms. The third-order valence-electron chi connectivity index (χ3n) is 4.52. The smallest absolute Gasteiger partial charge is 0.354 e. The Morgan fingerprint density at radius 3 is 2.74 bits per heavy atom. The Morgan fingerprint density at radius 2 is 2.04 bits per heavy atom. The van der Waals surface area contributed by atoms with Crippen LogP contribution >= 0.6 is 11.3 Å². The first kappa shape index (κ1) is 19.0. The van der Waals surface area contributed by atoms with Gasteiger partial charge in [-0.1, -0.05) is 6.07 Å². The first-order valence-electron chi connectivity index (χ1n) is 8.78. The number of anilines is 1. The summed E-state index contributed by atoms with van der Waals surface area (Å²) in [5.74, 6) is -0.354. The van der Waals surface area contributed by atoms with Crippen molar-refractivity contribution in [2.75, 3.05) is 24.5 Å². The van der Waals surface area contributed by atoms with Crippen molar-refractivity contribution in [1.82, 2.24) is 10.3 Å². The molecule has 1 saturated heterocycles. The highest BCUT2D eigenvalue weighted by atomic mass is 32.1. The zero-order chi connectivity index (χ0) is 19.4. The van der Waals surface area contributed by atoms with Crippen LogP contribution in [0.5, 0.6) is 0 Å². The number of hydrogen-bond acceptors (Lipinski definition) is 6. The van der Waals surface area contributed by atoms with Crippen molar-refractivity contribution in [2.45, 2.75) is 19.8 Å². The van der Waals surface area contributed by atoms with E-state index < -0.39 is 5.97 Å². The number of rotatable bonds is 6. The topological polar surface area (TPSA) is 99.6 Å². The summed E-state index contributed by atoms with van der Waals surface area (Å²) in [4.78, 5) is 42.1. The monoisotopic (exact) mass is 387 g/mol. The summed E-state index contributed by atoms with van der Waals surface area (Å²) >= 11 is 1.20. The van der Waals surface area contributed by atoms with Crippen molar-refractivity contribution in [2.24, 2.45) is 5.92 Å². The number of aromatic carboxylic acids is 1. The number of aromatic nitrogens is 1. The number of carbonyl (C=O) groups excluding carboxylic acids is 2. The molecule has 0 aromatic carbocycles. The van der Waals surface area contributed by atoms with Crippen molar-refractivity contribution in [3.63, 3.8) is 0 Å². The zero-order valence-corrected chi connectivity index (χ0v) is 15.8. The molecule has 0 radical (unpaired) electrons. The molecule has 1 fully saturated rings. The fourth-order valence-corrected chi connectivity index (χ4v) is 3.95. The minimum atomic E-state index is -1.04. The van der Waals surface area contributed by atoms with Gasteiger partial charge in [-0.2, -0.15) is 0 Å². The van der Waals surface area contributed by atoms with Gasteiger partial charge in [-0.25, -0.2) is 9.78 Å². The lowest BCUT2D eigenvalue weighted by Crippen LogP contribution is -2.41. The Labute approximate surface area is 161 Å². The number of amides is 1. The van der Waals surface area contributed by atoms with Gasteiger partial charge in [-0.05, 0) is 49.9 Å². The van der Waals surface area contributed by atoms with Crippen LogP contribution in [0.25, 0.3) is 0 Å². The number of pyridine rings is 1. The van der Waals surface area contributed by atoms with E-state index in [9.17, 15) is 14.4 Å². The molecule has 0 saturated carbocycles. The third kappa shape index (κ3) is 4.71. The van der Waals surface area contributed by atoms with E-state index in [1.165, 1.54) is 24.3 Å². The predicted octanol–water partition coefficient (Wildman–Crippen LogP) is 2.69. The van der Waals surface area contributed by atoms with Crippen molar-refractivity contribution in [3.8, 4) is 0 Å². The van der Waals surface area contributed by atoms with Crippen LogP contribution in [0, 0.1) is 5.92 Å². The number of carbonyl (C=O) groups is 3. The Balaban J connectivity index is 1.58. The molecule has 0 aliphatic carbocycles. The summed E-state index contributed by atoms with van der Waals surface area (Å²) < 4.78 is 0. The molecule has 2 aromatic heterocycles. The first-order chi connectivity index (χ1) is 12.9. The Hall–Kier alpha value is -2.74. The lowest BCUT2D eigenvalue weighted by molar-refractivity contribution is 0.0690. The SMILES string of the molecule is CC(=O)c1ccc(C(=O)NCC2CCCN(c3cccc(C(=O)O)n3)C2)s1. The number of nitrogens with zero attached hydrogens (tertiary/aromatic N) is 2. The summed E-state index contributed by atoms with van der Waals surface area (Å²) in [5, 5.41) is 12.0. The highest BCUT2D eigenvalue weighted by molar-refractivity contribution is 7.15. The van der Waals surface area contributed by atoms with Gasteiger partial charge in [-0.15, -0.1) is 11.3 Å². The number of nitrogens with one attached hydrogen (secondary N) is 1. The molecule has 3 heterocycles. The van der Waals surface area contributed by atoms with Crippen molar-refractivity contribution < 1.29 is 19.5 Å². The van der Waals surface area contributed by atoms with Crippen LogP contribution in [0.3, 0.4) is 0 Å². The second-order valence-corrected chi connectivity index (χ2v) is 7.65. The van der Waals surface area contributed by atoms with Crippen LogP contribution in [-0.2, 0) is 0 Å². The van der Waals surface area contributed by atoms with Crippen LogP contribution in [0.1, 0.15) is 49.6 Å². The highest BCUT2D eigenvalue weighted by Crippen LogP contribution is 2.22. The molecule has 27 heavy (non-hydrogen) atoms. The van der Waals surface area contributed by atoms with E-state index in [1.54, 1.807) is 18.2 Å². The minimum absolute atomic E-state index is 0.0295. The predicted molar refractivity (Wildman–Crippen MR) is 103 cm³/mol. The molecule has 1 unspecified atom stereocenters. The number of piperidine rings is 1. The summed E-state index contributed by atoms with van der Waals surface area (Å²) in [6.07, 6.45) is 1.94. The Bertz CT molecular complexity index is 864. The van der Waals surface area contributed by atoms with Crippen LogP contribution in [0.2, 0.25) is 0 Å². The minimum Gasteiger partial charge on any atom is -0.477 e. The summed E-state index contributed by atoms with van der Waals surface area (Å²) in [6, 6.07) is 8.32. The number of thiophene rings is 1. The Kier molecular flexibility index (Phi) is 5.85. The maximum absolute atomic E-state index is 12.3.